The maximum absolute atomic E-state index is 14.7. The number of halogens is 2. The van der Waals surface area contributed by atoms with Gasteiger partial charge in [0.05, 0.1) is 16.6 Å². The van der Waals surface area contributed by atoms with Crippen molar-refractivity contribution in [2.24, 2.45) is 0 Å². The number of rotatable bonds is 5. The van der Waals surface area contributed by atoms with Crippen LogP contribution in [0.25, 0.3) is 0 Å². The van der Waals surface area contributed by atoms with Crippen molar-refractivity contribution in [1.82, 2.24) is 30.9 Å². The topological polar surface area (TPSA) is 111 Å². The second-order valence-electron chi connectivity index (χ2n) is 9.17. The summed E-state index contributed by atoms with van der Waals surface area (Å²) in [7, 11) is 1.70. The van der Waals surface area contributed by atoms with E-state index in [-0.39, 0.29) is 33.2 Å². The molecule has 12 heteroatoms. The Hall–Kier alpha value is -3.83. The van der Waals surface area contributed by atoms with Crippen LogP contribution < -0.4 is 21.5 Å². The molecule has 38 heavy (non-hydrogen) atoms. The summed E-state index contributed by atoms with van der Waals surface area (Å²) < 4.78 is 14.7. The molecular weight excluding hydrogens is 529 g/mol. The second-order valence-corrected chi connectivity index (χ2v) is 9.98. The lowest BCUT2D eigenvalue weighted by molar-refractivity contribution is -0.128. The predicted molar refractivity (Wildman–Crippen MR) is 145 cm³/mol. The quantitative estimate of drug-likeness (QED) is 0.282. The summed E-state index contributed by atoms with van der Waals surface area (Å²) in [6, 6.07) is 7.45. The number of hydrazine groups is 1. The highest BCUT2D eigenvalue weighted by atomic mass is 35.5. The maximum Gasteiger partial charge on any atom is 0.253 e. The summed E-state index contributed by atoms with van der Waals surface area (Å²) in [5, 5.41) is 6.37. The summed E-state index contributed by atoms with van der Waals surface area (Å²) in [6.07, 6.45) is 6.66. The van der Waals surface area contributed by atoms with Gasteiger partial charge in [-0.15, -0.1) is 0 Å². The van der Waals surface area contributed by atoms with Crippen molar-refractivity contribution in [1.29, 1.82) is 0 Å². The van der Waals surface area contributed by atoms with Gasteiger partial charge >= 0.3 is 0 Å². The van der Waals surface area contributed by atoms with Crippen LogP contribution in [0.15, 0.2) is 48.9 Å². The van der Waals surface area contributed by atoms with Crippen LogP contribution in [0.2, 0.25) is 5.02 Å². The number of fused-ring (bicyclic) bond motifs is 2. The number of likely N-dealkylation sites (N-methyl/N-ethyl adjacent to an activating group) is 1. The highest BCUT2D eigenvalue weighted by molar-refractivity contribution is 7.80. The molecule has 2 atom stereocenters. The Balaban J connectivity index is 1.26. The van der Waals surface area contributed by atoms with E-state index in [2.05, 4.69) is 31.5 Å². The Labute approximate surface area is 229 Å². The molecule has 1 aliphatic heterocycles. The van der Waals surface area contributed by atoms with Gasteiger partial charge in [-0.3, -0.25) is 25.4 Å². The number of benzene rings is 1. The van der Waals surface area contributed by atoms with Crippen molar-refractivity contribution in [3.63, 3.8) is 0 Å². The van der Waals surface area contributed by atoms with Gasteiger partial charge in [0.25, 0.3) is 5.91 Å². The molecule has 1 saturated heterocycles. The minimum atomic E-state index is -0.558. The van der Waals surface area contributed by atoms with Crippen LogP contribution in [0.3, 0.4) is 0 Å². The molecule has 2 aromatic heterocycles. The van der Waals surface area contributed by atoms with E-state index in [0.717, 1.165) is 16.7 Å². The minimum absolute atomic E-state index is 0.127. The average molecular weight is 554 g/mol. The molecule has 5 rings (SSSR count). The van der Waals surface area contributed by atoms with Crippen LogP contribution in [0.1, 0.15) is 45.1 Å². The fraction of sp³-hybridized carbons (Fsp3) is 0.269. The van der Waals surface area contributed by atoms with Gasteiger partial charge < -0.3 is 15.5 Å². The number of amides is 2. The normalized spacial score (nSPS) is 18.2. The van der Waals surface area contributed by atoms with E-state index >= 15 is 0 Å². The molecule has 3 aromatic rings. The Bertz CT molecular complexity index is 1420. The van der Waals surface area contributed by atoms with Crippen molar-refractivity contribution in [3.05, 3.63) is 87.6 Å². The van der Waals surface area contributed by atoms with Gasteiger partial charge in [-0.1, -0.05) is 23.7 Å². The lowest BCUT2D eigenvalue weighted by atomic mass is 9.96. The number of likely N-dealkylation sites (tertiary alicyclic amines) is 1. The molecule has 2 amide bonds. The van der Waals surface area contributed by atoms with E-state index in [0.29, 0.717) is 31.4 Å². The smallest absolute Gasteiger partial charge is 0.253 e. The molecule has 1 fully saturated rings. The van der Waals surface area contributed by atoms with Gasteiger partial charge in [-0.05, 0) is 66.4 Å². The first-order valence-electron chi connectivity index (χ1n) is 12.1. The fourth-order valence-corrected chi connectivity index (χ4v) is 5.13. The highest BCUT2D eigenvalue weighted by Crippen LogP contribution is 2.33. The Kier molecular flexibility index (Phi) is 7.39. The van der Waals surface area contributed by atoms with E-state index in [1.165, 1.54) is 18.3 Å². The van der Waals surface area contributed by atoms with Crippen molar-refractivity contribution in [2.75, 3.05) is 19.0 Å². The Morgan fingerprint density at radius 1 is 1.18 bits per heavy atom. The molecule has 0 spiro atoms. The summed E-state index contributed by atoms with van der Waals surface area (Å²) in [5.74, 6) is -0.565. The van der Waals surface area contributed by atoms with E-state index in [1.54, 1.807) is 30.4 Å². The highest BCUT2D eigenvalue weighted by Gasteiger charge is 2.31. The summed E-state index contributed by atoms with van der Waals surface area (Å²) in [6.45, 7) is 0.592. The number of aryl methyl sites for hydroxylation is 1. The van der Waals surface area contributed by atoms with E-state index in [4.69, 9.17) is 23.8 Å². The third kappa shape index (κ3) is 5.25. The van der Waals surface area contributed by atoms with Gasteiger partial charge in [0.2, 0.25) is 5.91 Å². The number of hydrogen-bond acceptors (Lipinski definition) is 6. The van der Waals surface area contributed by atoms with Crippen LogP contribution in [0.5, 0.6) is 0 Å². The fourth-order valence-electron chi connectivity index (χ4n) is 4.75. The Morgan fingerprint density at radius 3 is 2.79 bits per heavy atom. The molecule has 196 valence electrons. The van der Waals surface area contributed by atoms with Gasteiger partial charge in [-0.25, -0.2) is 9.37 Å². The van der Waals surface area contributed by atoms with Crippen molar-refractivity contribution in [3.8, 4) is 0 Å². The zero-order valence-corrected chi connectivity index (χ0v) is 22.0. The van der Waals surface area contributed by atoms with Gasteiger partial charge in [0.15, 0.2) is 10.9 Å². The number of pyridine rings is 2. The first kappa shape index (κ1) is 25.8. The van der Waals surface area contributed by atoms with Gasteiger partial charge in [0, 0.05) is 37.7 Å². The molecule has 9 nitrogen and oxygen atoms in total. The number of thiocarbonyl (C=S) groups is 1. The number of nitrogens with zero attached hydrogens (tertiary/aromatic N) is 3. The molecule has 0 radical (unpaired) electrons. The van der Waals surface area contributed by atoms with E-state index in [1.807, 2.05) is 12.1 Å². The zero-order chi connectivity index (χ0) is 26.8. The lowest BCUT2D eigenvalue weighted by Crippen LogP contribution is -2.41. The SMILES string of the molecule is CN1CCC(NC(=O)c2cnc(NNC(=S)NC3c4cnccc4CCc4c(F)cccc43)c(Cl)c2)C1=O. The summed E-state index contributed by atoms with van der Waals surface area (Å²) in [4.78, 5) is 34.7. The number of nitrogens with one attached hydrogen (secondary N) is 4. The van der Waals surface area contributed by atoms with Crippen LogP contribution in [0.4, 0.5) is 10.2 Å². The molecule has 1 aromatic carbocycles. The first-order chi connectivity index (χ1) is 18.3. The Morgan fingerprint density at radius 2 is 2.03 bits per heavy atom. The minimum Gasteiger partial charge on any atom is -0.350 e. The zero-order valence-electron chi connectivity index (χ0n) is 20.4. The first-order valence-corrected chi connectivity index (χ1v) is 12.8. The standard InChI is InChI=1S/C26H25ClFN7O2S/c1-35-10-8-21(25(35)37)31-24(36)15-11-19(27)23(30-12-15)33-34-26(38)32-22-17-3-2-4-20(28)16(17)6-5-14-7-9-29-13-18(14)22/h2-4,7,9,11-13,21-22H,5-6,8,10H2,1H3,(H,30,33)(H,31,36)(H2,32,34,38). The molecule has 0 bridgehead atoms. The molecule has 0 saturated carbocycles. The molecule has 3 heterocycles. The lowest BCUT2D eigenvalue weighted by Gasteiger charge is -2.23. The predicted octanol–water partition coefficient (Wildman–Crippen LogP) is 2.91. The van der Waals surface area contributed by atoms with Crippen LogP contribution in [-0.4, -0.2) is 51.4 Å². The van der Waals surface area contributed by atoms with Crippen molar-refractivity contribution >= 4 is 46.6 Å². The van der Waals surface area contributed by atoms with Crippen molar-refractivity contribution in [2.45, 2.75) is 31.3 Å². The molecule has 2 unspecified atom stereocenters. The number of carbonyl (C=O) groups is 2. The molecule has 2 aliphatic rings. The van der Waals surface area contributed by atoms with E-state index < -0.39 is 18.0 Å². The third-order valence-corrected chi connectivity index (χ3v) is 7.28. The number of hydrogen-bond donors (Lipinski definition) is 4. The number of anilines is 1. The summed E-state index contributed by atoms with van der Waals surface area (Å²) >= 11 is 11.9. The van der Waals surface area contributed by atoms with Gasteiger partial charge in [-0.2, -0.15) is 0 Å². The van der Waals surface area contributed by atoms with E-state index in [9.17, 15) is 14.0 Å². The molecular formula is C26H25ClFN7O2S. The van der Waals surface area contributed by atoms with Crippen LogP contribution in [-0.2, 0) is 17.6 Å². The largest absolute Gasteiger partial charge is 0.350 e. The summed E-state index contributed by atoms with van der Waals surface area (Å²) in [5.41, 5.74) is 9.35. The van der Waals surface area contributed by atoms with Crippen molar-refractivity contribution < 1.29 is 14.0 Å². The second kappa shape index (κ2) is 10.9. The molecule has 4 N–H and O–H groups in total. The molecule has 1 aliphatic carbocycles. The monoisotopic (exact) mass is 553 g/mol. The maximum atomic E-state index is 14.7. The van der Waals surface area contributed by atoms with Crippen LogP contribution in [0, 0.1) is 5.82 Å². The number of carbonyl (C=O) groups excluding carboxylic acids is 2. The van der Waals surface area contributed by atoms with Crippen LogP contribution >= 0.6 is 23.8 Å². The van der Waals surface area contributed by atoms with Gasteiger partial charge in [0.1, 0.15) is 11.9 Å². The number of aromatic nitrogens is 2. The third-order valence-electron chi connectivity index (χ3n) is 6.77. The average Bonchev–Trinajstić information content (AvgIpc) is 3.13.